The molecule has 0 bridgehead atoms. The number of fused-ring (bicyclic) bond motifs is 1. The Balaban J connectivity index is 2.39. The lowest BCUT2D eigenvalue weighted by Crippen LogP contribution is -2.19. The van der Waals surface area contributed by atoms with Gasteiger partial charge in [0.05, 0.1) is 6.10 Å². The summed E-state index contributed by atoms with van der Waals surface area (Å²) in [6.45, 7) is 9.85. The summed E-state index contributed by atoms with van der Waals surface area (Å²) in [4.78, 5) is 12.3. The van der Waals surface area contributed by atoms with Crippen LogP contribution in [0.3, 0.4) is 0 Å². The van der Waals surface area contributed by atoms with E-state index in [9.17, 15) is 4.79 Å². The number of rotatable bonds is 3. The second-order valence-electron chi connectivity index (χ2n) is 6.47. The summed E-state index contributed by atoms with van der Waals surface area (Å²) in [5.41, 5.74) is 0.413. The van der Waals surface area contributed by atoms with Crippen LogP contribution >= 0.6 is 0 Å². The van der Waals surface area contributed by atoms with Gasteiger partial charge in [-0.1, -0.05) is 39.0 Å². The van der Waals surface area contributed by atoms with Crippen LogP contribution in [-0.2, 0) is 0 Å². The minimum Gasteiger partial charge on any atom is -0.491 e. The van der Waals surface area contributed by atoms with Gasteiger partial charge in [0, 0.05) is 11.0 Å². The summed E-state index contributed by atoms with van der Waals surface area (Å²) in [5, 5.41) is 2.16. The Morgan fingerprint density at radius 1 is 1.00 bits per heavy atom. The van der Waals surface area contributed by atoms with Gasteiger partial charge < -0.3 is 4.74 Å². The molecule has 0 aliphatic carbocycles. The van der Waals surface area contributed by atoms with E-state index >= 15 is 0 Å². The predicted molar refractivity (Wildman–Crippen MR) is 83.5 cm³/mol. The lowest BCUT2D eigenvalue weighted by molar-refractivity contribution is 0.0858. The van der Waals surface area contributed by atoms with E-state index in [1.165, 1.54) is 0 Å². The molecule has 0 N–H and O–H groups in total. The summed E-state index contributed by atoms with van der Waals surface area (Å²) in [6, 6.07) is 11.8. The second kappa shape index (κ2) is 5.28. The third kappa shape index (κ3) is 3.19. The van der Waals surface area contributed by atoms with Gasteiger partial charge in [0.15, 0.2) is 5.78 Å². The molecule has 0 aliphatic heterocycles. The van der Waals surface area contributed by atoms with E-state index in [0.29, 0.717) is 0 Å². The van der Waals surface area contributed by atoms with Crippen LogP contribution in [0.1, 0.15) is 45.0 Å². The average Bonchev–Trinajstić information content (AvgIpc) is 2.35. The molecule has 0 amide bonds. The third-order valence-corrected chi connectivity index (χ3v) is 3.13. The fourth-order valence-corrected chi connectivity index (χ4v) is 2.14. The normalized spacial score (nSPS) is 11.9. The maximum absolute atomic E-state index is 12.3. The molecule has 0 spiro atoms. The molecule has 106 valence electrons. The molecule has 0 atom stereocenters. The van der Waals surface area contributed by atoms with E-state index in [4.69, 9.17) is 4.74 Å². The van der Waals surface area contributed by atoms with Crippen LogP contribution in [0.5, 0.6) is 5.75 Å². The molecular formula is C18H22O2. The van der Waals surface area contributed by atoms with Gasteiger partial charge in [0.25, 0.3) is 0 Å². The van der Waals surface area contributed by atoms with Crippen LogP contribution in [-0.4, -0.2) is 11.9 Å². The zero-order chi connectivity index (χ0) is 14.9. The van der Waals surface area contributed by atoms with E-state index in [1.54, 1.807) is 0 Å². The van der Waals surface area contributed by atoms with Gasteiger partial charge in [0.2, 0.25) is 0 Å². The SMILES string of the molecule is CC(C)Oc1ccc2cc(C(=O)C(C)(C)C)ccc2c1. The number of carbonyl (C=O) groups excluding carboxylic acids is 1. The minimum atomic E-state index is -0.353. The summed E-state index contributed by atoms with van der Waals surface area (Å²) >= 11 is 0. The molecule has 2 rings (SSSR count). The molecule has 2 aromatic rings. The zero-order valence-electron chi connectivity index (χ0n) is 12.9. The van der Waals surface area contributed by atoms with Gasteiger partial charge in [-0.05, 0) is 42.8 Å². The Kier molecular flexibility index (Phi) is 3.85. The summed E-state index contributed by atoms with van der Waals surface area (Å²) in [5.74, 6) is 1.03. The van der Waals surface area contributed by atoms with Crippen molar-refractivity contribution in [1.82, 2.24) is 0 Å². The largest absolute Gasteiger partial charge is 0.491 e. The highest BCUT2D eigenvalue weighted by molar-refractivity contribution is 6.02. The Morgan fingerprint density at radius 3 is 2.20 bits per heavy atom. The molecule has 0 fully saturated rings. The number of benzene rings is 2. The summed E-state index contributed by atoms with van der Waals surface area (Å²) < 4.78 is 5.69. The summed E-state index contributed by atoms with van der Waals surface area (Å²) in [6.07, 6.45) is 0.161. The van der Waals surface area contributed by atoms with Gasteiger partial charge in [0.1, 0.15) is 5.75 Å². The van der Waals surface area contributed by atoms with Crippen molar-refractivity contribution in [2.75, 3.05) is 0 Å². The van der Waals surface area contributed by atoms with Crippen molar-refractivity contribution < 1.29 is 9.53 Å². The van der Waals surface area contributed by atoms with Crippen molar-refractivity contribution in [1.29, 1.82) is 0 Å². The van der Waals surface area contributed by atoms with Crippen LogP contribution in [0.25, 0.3) is 10.8 Å². The molecule has 0 radical (unpaired) electrons. The number of hydrogen-bond donors (Lipinski definition) is 0. The van der Waals surface area contributed by atoms with E-state index in [-0.39, 0.29) is 17.3 Å². The van der Waals surface area contributed by atoms with Crippen molar-refractivity contribution in [3.63, 3.8) is 0 Å². The molecule has 0 heterocycles. The first-order valence-corrected chi connectivity index (χ1v) is 7.02. The second-order valence-corrected chi connectivity index (χ2v) is 6.47. The quantitative estimate of drug-likeness (QED) is 0.745. The molecule has 0 aromatic heterocycles. The van der Waals surface area contributed by atoms with Crippen molar-refractivity contribution in [2.45, 2.75) is 40.7 Å². The zero-order valence-corrected chi connectivity index (χ0v) is 12.9. The Morgan fingerprint density at radius 2 is 1.60 bits per heavy atom. The smallest absolute Gasteiger partial charge is 0.168 e. The molecule has 0 saturated heterocycles. The van der Waals surface area contributed by atoms with E-state index < -0.39 is 0 Å². The fourth-order valence-electron chi connectivity index (χ4n) is 2.14. The predicted octanol–water partition coefficient (Wildman–Crippen LogP) is 4.86. The Bertz CT molecular complexity index is 633. The van der Waals surface area contributed by atoms with Crippen LogP contribution in [0.4, 0.5) is 0 Å². The van der Waals surface area contributed by atoms with Crippen molar-refractivity contribution in [3.05, 3.63) is 42.0 Å². The van der Waals surface area contributed by atoms with Gasteiger partial charge in [-0.25, -0.2) is 0 Å². The van der Waals surface area contributed by atoms with Gasteiger partial charge in [-0.15, -0.1) is 0 Å². The number of carbonyl (C=O) groups is 1. The van der Waals surface area contributed by atoms with Gasteiger partial charge in [-0.3, -0.25) is 4.79 Å². The first-order valence-electron chi connectivity index (χ1n) is 7.02. The maximum Gasteiger partial charge on any atom is 0.168 e. The van der Waals surface area contributed by atoms with Crippen LogP contribution in [0.15, 0.2) is 36.4 Å². The van der Waals surface area contributed by atoms with E-state index in [2.05, 4.69) is 0 Å². The highest BCUT2D eigenvalue weighted by Gasteiger charge is 2.22. The molecule has 0 aliphatic rings. The molecule has 0 saturated carbocycles. The third-order valence-electron chi connectivity index (χ3n) is 3.13. The average molecular weight is 270 g/mol. The first-order chi connectivity index (χ1) is 9.27. The highest BCUT2D eigenvalue weighted by Crippen LogP contribution is 2.26. The molecule has 2 nitrogen and oxygen atoms in total. The lowest BCUT2D eigenvalue weighted by Gasteiger charge is -2.17. The fraction of sp³-hybridized carbons (Fsp3) is 0.389. The number of hydrogen-bond acceptors (Lipinski definition) is 2. The van der Waals surface area contributed by atoms with Crippen LogP contribution in [0.2, 0.25) is 0 Å². The monoisotopic (exact) mass is 270 g/mol. The first kappa shape index (κ1) is 14.6. The number of ketones is 1. The Hall–Kier alpha value is -1.83. The van der Waals surface area contributed by atoms with Crippen LogP contribution < -0.4 is 4.74 Å². The van der Waals surface area contributed by atoms with Gasteiger partial charge in [-0.2, -0.15) is 0 Å². The molecule has 2 heteroatoms. The minimum absolute atomic E-state index is 0.161. The standard InChI is InChI=1S/C18H22O2/c1-12(2)20-16-9-8-13-10-15(7-6-14(13)11-16)17(19)18(3,4)5/h6-12H,1-5H3. The lowest BCUT2D eigenvalue weighted by atomic mass is 9.86. The molecule has 2 aromatic carbocycles. The highest BCUT2D eigenvalue weighted by atomic mass is 16.5. The Labute approximate surface area is 120 Å². The number of Topliss-reactive ketones (excluding diaryl/α,β-unsaturated/α-hetero) is 1. The van der Waals surface area contributed by atoms with Crippen molar-refractivity contribution in [3.8, 4) is 5.75 Å². The van der Waals surface area contributed by atoms with Crippen molar-refractivity contribution in [2.24, 2.45) is 5.41 Å². The van der Waals surface area contributed by atoms with E-state index in [1.807, 2.05) is 71.0 Å². The number of ether oxygens (including phenoxy) is 1. The molecular weight excluding hydrogens is 248 g/mol. The van der Waals surface area contributed by atoms with E-state index in [0.717, 1.165) is 22.1 Å². The van der Waals surface area contributed by atoms with Gasteiger partial charge >= 0.3 is 0 Å². The topological polar surface area (TPSA) is 26.3 Å². The maximum atomic E-state index is 12.3. The molecule has 0 unspecified atom stereocenters. The van der Waals surface area contributed by atoms with Crippen molar-refractivity contribution >= 4 is 16.6 Å². The summed E-state index contributed by atoms with van der Waals surface area (Å²) in [7, 11) is 0. The molecule has 20 heavy (non-hydrogen) atoms. The van der Waals surface area contributed by atoms with Crippen LogP contribution in [0, 0.1) is 5.41 Å².